The summed E-state index contributed by atoms with van der Waals surface area (Å²) in [7, 11) is 1.89. The maximum atomic E-state index is 6.08. The molecule has 1 atom stereocenters. The molecule has 0 radical (unpaired) electrons. The monoisotopic (exact) mass is 544 g/mol. The molecule has 2 fully saturated rings. The van der Waals surface area contributed by atoms with Crippen LogP contribution in [0.1, 0.15) is 44.2 Å². The molecule has 2 heterocycles. The van der Waals surface area contributed by atoms with E-state index >= 15 is 0 Å². The van der Waals surface area contributed by atoms with Gasteiger partial charge in [0, 0.05) is 46.4 Å². The molecule has 2 saturated heterocycles. The molecule has 6 nitrogen and oxygen atoms in total. The Balaban J connectivity index is 0.00000341. The first-order chi connectivity index (χ1) is 14.7. The van der Waals surface area contributed by atoms with Gasteiger partial charge in [0.25, 0.3) is 0 Å². The van der Waals surface area contributed by atoms with Crippen LogP contribution >= 0.6 is 24.0 Å². The van der Waals surface area contributed by atoms with Crippen LogP contribution < -0.4 is 5.32 Å². The van der Waals surface area contributed by atoms with E-state index in [-0.39, 0.29) is 24.0 Å². The zero-order valence-corrected chi connectivity index (χ0v) is 21.8. The molecule has 1 unspecified atom stereocenters. The lowest BCUT2D eigenvalue weighted by Gasteiger charge is -2.24. The van der Waals surface area contributed by atoms with Gasteiger partial charge in [0.2, 0.25) is 0 Å². The quantitative estimate of drug-likeness (QED) is 0.292. The van der Waals surface area contributed by atoms with Crippen LogP contribution in [-0.2, 0) is 22.6 Å². The van der Waals surface area contributed by atoms with Crippen LogP contribution in [0.2, 0.25) is 0 Å². The third kappa shape index (κ3) is 8.51. The summed E-state index contributed by atoms with van der Waals surface area (Å²) >= 11 is 0. The highest BCUT2D eigenvalue weighted by molar-refractivity contribution is 14.0. The van der Waals surface area contributed by atoms with E-state index in [9.17, 15) is 0 Å². The van der Waals surface area contributed by atoms with Crippen molar-refractivity contribution in [3.63, 3.8) is 0 Å². The molecule has 0 aromatic heterocycles. The molecule has 1 N–H and O–H groups in total. The van der Waals surface area contributed by atoms with Crippen molar-refractivity contribution in [2.45, 2.75) is 52.4 Å². The Morgan fingerprint density at radius 1 is 1.19 bits per heavy atom. The first kappa shape index (κ1) is 26.4. The van der Waals surface area contributed by atoms with Gasteiger partial charge in [0.1, 0.15) is 0 Å². The second kappa shape index (κ2) is 14.3. The Labute approximate surface area is 205 Å². The number of hydrogen-bond donors (Lipinski definition) is 1. The van der Waals surface area contributed by atoms with E-state index in [0.29, 0.717) is 12.7 Å². The number of aliphatic imine (C=N–C) groups is 1. The average Bonchev–Trinajstić information content (AvgIpc) is 3.26. The second-order valence-corrected chi connectivity index (χ2v) is 8.43. The number of nitrogens with zero attached hydrogens (tertiary/aromatic N) is 3. The van der Waals surface area contributed by atoms with Gasteiger partial charge in [-0.1, -0.05) is 38.1 Å². The Kier molecular flexibility index (Phi) is 12.1. The summed E-state index contributed by atoms with van der Waals surface area (Å²) in [5.41, 5.74) is 2.50. The number of nitrogens with one attached hydrogen (secondary N) is 1. The summed E-state index contributed by atoms with van der Waals surface area (Å²) in [4.78, 5) is 9.48. The largest absolute Gasteiger partial charge is 0.381 e. The molecule has 0 saturated carbocycles. The van der Waals surface area contributed by atoms with Gasteiger partial charge < -0.3 is 24.6 Å². The fourth-order valence-electron chi connectivity index (χ4n) is 4.42. The van der Waals surface area contributed by atoms with Crippen LogP contribution in [0.3, 0.4) is 0 Å². The van der Waals surface area contributed by atoms with E-state index in [1.807, 2.05) is 7.05 Å². The normalized spacial score (nSPS) is 20.2. The molecule has 1 aromatic carbocycles. The number of ether oxygens (including phenoxy) is 2. The third-order valence-electron chi connectivity index (χ3n) is 6.30. The summed E-state index contributed by atoms with van der Waals surface area (Å²) in [6.07, 6.45) is 3.58. The van der Waals surface area contributed by atoms with Crippen molar-refractivity contribution >= 4 is 29.9 Å². The molecule has 0 aliphatic carbocycles. The lowest BCUT2D eigenvalue weighted by molar-refractivity contribution is -0.0390. The first-order valence-electron chi connectivity index (χ1n) is 11.7. The van der Waals surface area contributed by atoms with E-state index in [1.54, 1.807) is 0 Å². The predicted molar refractivity (Wildman–Crippen MR) is 138 cm³/mol. The molecule has 0 bridgehead atoms. The lowest BCUT2D eigenvalue weighted by Crippen LogP contribution is -2.40. The number of rotatable bonds is 9. The van der Waals surface area contributed by atoms with Gasteiger partial charge >= 0.3 is 0 Å². The fourth-order valence-corrected chi connectivity index (χ4v) is 4.42. The van der Waals surface area contributed by atoms with E-state index in [2.05, 4.69) is 58.2 Å². The molecule has 2 aliphatic heterocycles. The summed E-state index contributed by atoms with van der Waals surface area (Å²) < 4.78 is 11.5. The highest BCUT2D eigenvalue weighted by Crippen LogP contribution is 2.18. The van der Waals surface area contributed by atoms with Gasteiger partial charge in [-0.2, -0.15) is 0 Å². The van der Waals surface area contributed by atoms with Crippen LogP contribution in [0.15, 0.2) is 29.3 Å². The van der Waals surface area contributed by atoms with Crippen molar-refractivity contribution in [2.75, 3.05) is 53.0 Å². The van der Waals surface area contributed by atoms with Gasteiger partial charge in [-0.25, -0.2) is 0 Å². The van der Waals surface area contributed by atoms with Crippen molar-refractivity contribution in [1.82, 2.24) is 15.1 Å². The molecule has 31 heavy (non-hydrogen) atoms. The van der Waals surface area contributed by atoms with Crippen LogP contribution in [0.4, 0.5) is 0 Å². The molecule has 0 amide bonds. The predicted octanol–water partition coefficient (Wildman–Crippen LogP) is 3.74. The summed E-state index contributed by atoms with van der Waals surface area (Å²) in [5, 5.41) is 3.57. The van der Waals surface area contributed by atoms with Crippen LogP contribution in [0.25, 0.3) is 0 Å². The van der Waals surface area contributed by atoms with Crippen molar-refractivity contribution < 1.29 is 9.47 Å². The lowest BCUT2D eigenvalue weighted by atomic mass is 10.1. The standard InChI is InChI=1S/C24H40N4O2.HI/c1-4-27(5-2)17-22-9-12-28(18-22)24(25-3)26-16-20-7-6-8-21(15-20)19-30-23-10-13-29-14-11-23;/h6-8,15,22-23H,4-5,9-14,16-19H2,1-3H3,(H,25,26);1H. The summed E-state index contributed by atoms with van der Waals surface area (Å²) in [6.45, 7) is 13.2. The highest BCUT2D eigenvalue weighted by Gasteiger charge is 2.25. The third-order valence-corrected chi connectivity index (χ3v) is 6.30. The van der Waals surface area contributed by atoms with Gasteiger partial charge in [-0.05, 0) is 49.4 Å². The van der Waals surface area contributed by atoms with E-state index in [0.717, 1.165) is 70.7 Å². The van der Waals surface area contributed by atoms with Crippen molar-refractivity contribution in [2.24, 2.45) is 10.9 Å². The van der Waals surface area contributed by atoms with Gasteiger partial charge in [-0.3, -0.25) is 4.99 Å². The van der Waals surface area contributed by atoms with Gasteiger partial charge in [0.15, 0.2) is 5.96 Å². The maximum Gasteiger partial charge on any atom is 0.193 e. The minimum absolute atomic E-state index is 0. The Hall–Kier alpha value is -0.900. The zero-order valence-electron chi connectivity index (χ0n) is 19.5. The number of guanidine groups is 1. The first-order valence-corrected chi connectivity index (χ1v) is 11.7. The summed E-state index contributed by atoms with van der Waals surface area (Å²) in [6, 6.07) is 8.69. The SMILES string of the molecule is CCN(CC)CC1CCN(C(=NC)NCc2cccc(COC3CCOCC3)c2)C1.I. The number of hydrogen-bond acceptors (Lipinski definition) is 4. The fraction of sp³-hybridized carbons (Fsp3) is 0.708. The molecule has 7 heteroatoms. The maximum absolute atomic E-state index is 6.08. The molecule has 0 spiro atoms. The Bertz CT molecular complexity index is 663. The summed E-state index contributed by atoms with van der Waals surface area (Å²) in [5.74, 6) is 1.75. The van der Waals surface area contributed by atoms with Crippen molar-refractivity contribution in [3.05, 3.63) is 35.4 Å². The zero-order chi connectivity index (χ0) is 21.2. The number of likely N-dealkylation sites (tertiary alicyclic amines) is 1. The van der Waals surface area contributed by atoms with Gasteiger partial charge in [-0.15, -0.1) is 24.0 Å². The second-order valence-electron chi connectivity index (χ2n) is 8.43. The molecular formula is C24H41IN4O2. The molecule has 1 aromatic rings. The average molecular weight is 545 g/mol. The molecule has 2 aliphatic rings. The Morgan fingerprint density at radius 2 is 1.94 bits per heavy atom. The van der Waals surface area contributed by atoms with Crippen LogP contribution in [-0.4, -0.2) is 74.8 Å². The smallest absolute Gasteiger partial charge is 0.193 e. The molecule has 176 valence electrons. The van der Waals surface area contributed by atoms with E-state index in [1.165, 1.54) is 24.1 Å². The van der Waals surface area contributed by atoms with Crippen LogP contribution in [0, 0.1) is 5.92 Å². The molecular weight excluding hydrogens is 503 g/mol. The number of benzene rings is 1. The van der Waals surface area contributed by atoms with E-state index in [4.69, 9.17) is 9.47 Å². The Morgan fingerprint density at radius 3 is 2.65 bits per heavy atom. The van der Waals surface area contributed by atoms with Crippen LogP contribution in [0.5, 0.6) is 0 Å². The minimum atomic E-state index is 0. The minimum Gasteiger partial charge on any atom is -0.381 e. The van der Waals surface area contributed by atoms with Gasteiger partial charge in [0.05, 0.1) is 12.7 Å². The number of halogens is 1. The van der Waals surface area contributed by atoms with Crippen molar-refractivity contribution in [1.29, 1.82) is 0 Å². The molecule has 3 rings (SSSR count). The highest BCUT2D eigenvalue weighted by atomic mass is 127. The van der Waals surface area contributed by atoms with E-state index < -0.39 is 0 Å². The van der Waals surface area contributed by atoms with Crippen molar-refractivity contribution in [3.8, 4) is 0 Å². The topological polar surface area (TPSA) is 49.3 Å².